The summed E-state index contributed by atoms with van der Waals surface area (Å²) in [6.07, 6.45) is 0.185. The van der Waals surface area contributed by atoms with Crippen LogP contribution in [0.1, 0.15) is 12.2 Å². The van der Waals surface area contributed by atoms with Crippen LogP contribution < -0.4 is 11.1 Å². The number of imide groups is 1. The molecule has 2 aromatic rings. The van der Waals surface area contributed by atoms with E-state index in [-0.39, 0.29) is 12.3 Å². The highest BCUT2D eigenvalue weighted by atomic mass is 16.2. The van der Waals surface area contributed by atoms with Gasteiger partial charge in [0.2, 0.25) is 5.91 Å². The molecule has 0 aliphatic rings. The highest BCUT2D eigenvalue weighted by molar-refractivity contribution is 5.93. The zero-order valence-electron chi connectivity index (χ0n) is 10.0. The van der Waals surface area contributed by atoms with Crippen LogP contribution in [0.15, 0.2) is 24.3 Å². The smallest absolute Gasteiger partial charge is 0.318 e. The molecule has 0 unspecified atom stereocenters. The zero-order valence-corrected chi connectivity index (χ0v) is 10.0. The van der Waals surface area contributed by atoms with Crippen LogP contribution in [-0.4, -0.2) is 21.5 Å². The number of carbonyl (C=O) groups is 2. The van der Waals surface area contributed by atoms with E-state index in [2.05, 4.69) is 4.98 Å². The summed E-state index contributed by atoms with van der Waals surface area (Å²) in [6.45, 7) is 2.34. The Hall–Kier alpha value is -2.37. The van der Waals surface area contributed by atoms with Gasteiger partial charge in [-0.05, 0) is 19.1 Å². The molecule has 18 heavy (non-hydrogen) atoms. The van der Waals surface area contributed by atoms with Crippen molar-refractivity contribution in [3.8, 4) is 0 Å². The normalized spacial score (nSPS) is 10.5. The Balaban J connectivity index is 2.14. The largest absolute Gasteiger partial charge is 0.351 e. The van der Waals surface area contributed by atoms with Crippen molar-refractivity contribution < 1.29 is 9.59 Å². The molecule has 94 valence electrons. The molecule has 1 aromatic carbocycles. The third kappa shape index (κ3) is 2.48. The fourth-order valence-electron chi connectivity index (χ4n) is 1.89. The number of carbonyl (C=O) groups excluding carboxylic acids is 2. The quantitative estimate of drug-likeness (QED) is 0.844. The number of nitrogens with two attached hydrogens (primary N) is 1. The van der Waals surface area contributed by atoms with Crippen molar-refractivity contribution in [2.75, 3.05) is 0 Å². The van der Waals surface area contributed by atoms with Gasteiger partial charge in [-0.15, -0.1) is 0 Å². The van der Waals surface area contributed by atoms with E-state index in [1.807, 2.05) is 41.1 Å². The Bertz CT molecular complexity index is 603. The number of primary amides is 1. The number of aromatic nitrogens is 2. The molecule has 0 saturated carbocycles. The summed E-state index contributed by atoms with van der Waals surface area (Å²) in [5.74, 6) is 0.447. The van der Waals surface area contributed by atoms with E-state index in [0.717, 1.165) is 16.9 Å². The second-order valence-corrected chi connectivity index (χ2v) is 3.96. The van der Waals surface area contributed by atoms with E-state index < -0.39 is 6.03 Å². The molecular weight excluding hydrogens is 232 g/mol. The summed E-state index contributed by atoms with van der Waals surface area (Å²) in [5, 5.41) is 2.04. The van der Waals surface area contributed by atoms with E-state index in [0.29, 0.717) is 6.54 Å². The molecule has 6 heteroatoms. The minimum absolute atomic E-state index is 0.185. The molecule has 2 rings (SSSR count). The van der Waals surface area contributed by atoms with E-state index >= 15 is 0 Å². The van der Waals surface area contributed by atoms with Gasteiger partial charge >= 0.3 is 6.03 Å². The predicted octanol–water partition coefficient (Wildman–Crippen LogP) is 0.930. The molecule has 6 nitrogen and oxygen atoms in total. The lowest BCUT2D eigenvalue weighted by Gasteiger charge is -2.06. The number of benzene rings is 1. The van der Waals surface area contributed by atoms with Crippen molar-refractivity contribution >= 4 is 23.0 Å². The van der Waals surface area contributed by atoms with Crippen molar-refractivity contribution in [3.63, 3.8) is 0 Å². The first-order valence-corrected chi connectivity index (χ1v) is 5.59. The van der Waals surface area contributed by atoms with Crippen molar-refractivity contribution in [2.24, 2.45) is 5.73 Å². The van der Waals surface area contributed by atoms with Crippen molar-refractivity contribution in [1.29, 1.82) is 0 Å². The maximum atomic E-state index is 11.4. The molecule has 0 atom stereocenters. The van der Waals surface area contributed by atoms with Gasteiger partial charge in [0.25, 0.3) is 0 Å². The number of rotatable bonds is 3. The monoisotopic (exact) mass is 246 g/mol. The van der Waals surface area contributed by atoms with E-state index in [1.54, 1.807) is 0 Å². The highest BCUT2D eigenvalue weighted by Gasteiger charge is 2.09. The van der Waals surface area contributed by atoms with Gasteiger partial charge in [-0.3, -0.25) is 10.1 Å². The Morgan fingerprint density at radius 1 is 1.39 bits per heavy atom. The van der Waals surface area contributed by atoms with Crippen LogP contribution in [-0.2, 0) is 11.3 Å². The van der Waals surface area contributed by atoms with Gasteiger partial charge in [-0.2, -0.15) is 0 Å². The summed E-state index contributed by atoms with van der Waals surface area (Å²) >= 11 is 0. The Kier molecular flexibility index (Phi) is 3.27. The van der Waals surface area contributed by atoms with Crippen molar-refractivity contribution in [1.82, 2.24) is 14.9 Å². The molecule has 0 aliphatic carbocycles. The number of hydrogen-bond donors (Lipinski definition) is 2. The standard InChI is InChI=1S/C12H14N4O2/c1-8-14-9-4-2-3-5-10(9)16(8)7-6-11(17)15-12(13)18/h2-5H,6-7H2,1H3,(H3,13,15,17,18). The van der Waals surface area contributed by atoms with Gasteiger partial charge in [-0.1, -0.05) is 12.1 Å². The fourth-order valence-corrected chi connectivity index (χ4v) is 1.89. The Morgan fingerprint density at radius 2 is 2.11 bits per heavy atom. The number of fused-ring (bicyclic) bond motifs is 1. The minimum atomic E-state index is -0.827. The first kappa shape index (κ1) is 12.1. The van der Waals surface area contributed by atoms with Crippen molar-refractivity contribution in [2.45, 2.75) is 19.9 Å². The molecule has 1 heterocycles. The lowest BCUT2D eigenvalue weighted by molar-refractivity contribution is -0.120. The van der Waals surface area contributed by atoms with E-state index in [4.69, 9.17) is 5.73 Å². The fraction of sp³-hybridized carbons (Fsp3) is 0.250. The third-order valence-electron chi connectivity index (χ3n) is 2.67. The van der Waals surface area contributed by atoms with Crippen LogP contribution >= 0.6 is 0 Å². The van der Waals surface area contributed by atoms with Crippen LogP contribution in [0.4, 0.5) is 4.79 Å². The minimum Gasteiger partial charge on any atom is -0.351 e. The molecule has 3 amide bonds. The topological polar surface area (TPSA) is 90.0 Å². The molecule has 0 fully saturated rings. The van der Waals surface area contributed by atoms with Gasteiger partial charge in [0.1, 0.15) is 5.82 Å². The van der Waals surface area contributed by atoms with Crippen LogP contribution in [0, 0.1) is 6.92 Å². The van der Waals surface area contributed by atoms with Gasteiger partial charge < -0.3 is 10.3 Å². The molecule has 0 radical (unpaired) electrons. The van der Waals surface area contributed by atoms with Gasteiger partial charge in [0.05, 0.1) is 11.0 Å². The molecule has 0 aliphatic heterocycles. The Morgan fingerprint density at radius 3 is 2.83 bits per heavy atom. The molecule has 0 saturated heterocycles. The lowest BCUT2D eigenvalue weighted by atomic mass is 10.3. The summed E-state index contributed by atoms with van der Waals surface area (Å²) in [5.41, 5.74) is 6.74. The van der Waals surface area contributed by atoms with Crippen LogP contribution in [0.25, 0.3) is 11.0 Å². The number of amides is 3. The Labute approximate surface area is 104 Å². The molecule has 3 N–H and O–H groups in total. The maximum Gasteiger partial charge on any atom is 0.318 e. The van der Waals surface area contributed by atoms with E-state index in [9.17, 15) is 9.59 Å². The van der Waals surface area contributed by atoms with Crippen LogP contribution in [0.2, 0.25) is 0 Å². The number of urea groups is 1. The molecule has 1 aromatic heterocycles. The second kappa shape index (κ2) is 4.87. The van der Waals surface area contributed by atoms with Gasteiger partial charge in [-0.25, -0.2) is 9.78 Å². The first-order chi connectivity index (χ1) is 8.58. The maximum absolute atomic E-state index is 11.4. The van der Waals surface area contributed by atoms with Crippen LogP contribution in [0.5, 0.6) is 0 Å². The number of nitrogens with zero attached hydrogens (tertiary/aromatic N) is 2. The molecular formula is C12H14N4O2. The van der Waals surface area contributed by atoms with Gasteiger partial charge in [0, 0.05) is 13.0 Å². The third-order valence-corrected chi connectivity index (χ3v) is 2.67. The lowest BCUT2D eigenvalue weighted by Crippen LogP contribution is -2.35. The number of hydrogen-bond acceptors (Lipinski definition) is 3. The SMILES string of the molecule is Cc1nc2ccccc2n1CCC(=O)NC(N)=O. The number of imidazole rings is 1. The summed E-state index contributed by atoms with van der Waals surface area (Å²) in [4.78, 5) is 26.3. The average Bonchev–Trinajstić information content (AvgIpc) is 2.61. The number of para-hydroxylation sites is 2. The average molecular weight is 246 g/mol. The number of nitrogens with one attached hydrogen (secondary N) is 1. The molecule has 0 bridgehead atoms. The second-order valence-electron chi connectivity index (χ2n) is 3.96. The highest BCUT2D eigenvalue weighted by Crippen LogP contribution is 2.15. The van der Waals surface area contributed by atoms with Crippen molar-refractivity contribution in [3.05, 3.63) is 30.1 Å². The predicted molar refractivity (Wildman–Crippen MR) is 66.8 cm³/mol. The summed E-state index contributed by atoms with van der Waals surface area (Å²) in [6, 6.07) is 6.87. The molecule has 0 spiro atoms. The zero-order chi connectivity index (χ0) is 13.1. The van der Waals surface area contributed by atoms with Gasteiger partial charge in [0.15, 0.2) is 0 Å². The van der Waals surface area contributed by atoms with Crippen LogP contribution in [0.3, 0.4) is 0 Å². The summed E-state index contributed by atoms with van der Waals surface area (Å²) < 4.78 is 1.94. The first-order valence-electron chi connectivity index (χ1n) is 5.59. The van der Waals surface area contributed by atoms with E-state index in [1.165, 1.54) is 0 Å². The summed E-state index contributed by atoms with van der Waals surface area (Å²) in [7, 11) is 0. The number of aryl methyl sites for hydroxylation is 2.